The van der Waals surface area contributed by atoms with Gasteiger partial charge in [-0.1, -0.05) is 18.2 Å². The fourth-order valence-electron chi connectivity index (χ4n) is 4.31. The molecule has 0 radical (unpaired) electrons. The first-order chi connectivity index (χ1) is 15.1. The summed E-state index contributed by atoms with van der Waals surface area (Å²) < 4.78 is 16.4. The van der Waals surface area contributed by atoms with Gasteiger partial charge in [0.25, 0.3) is 5.91 Å². The molecule has 1 amide bonds. The van der Waals surface area contributed by atoms with Crippen LogP contribution in [0.1, 0.15) is 22.3 Å². The number of hydrogen-bond donors (Lipinski definition) is 1. The highest BCUT2D eigenvalue weighted by Gasteiger charge is 2.51. The van der Waals surface area contributed by atoms with Gasteiger partial charge in [-0.3, -0.25) is 19.4 Å². The van der Waals surface area contributed by atoms with Crippen molar-refractivity contribution in [3.05, 3.63) is 53.6 Å². The number of fused-ring (bicyclic) bond motifs is 2. The lowest BCUT2D eigenvalue weighted by molar-refractivity contribution is -0.136. The van der Waals surface area contributed by atoms with E-state index in [1.807, 2.05) is 6.07 Å². The SMILES string of the molecule is O=C(C[C@]1(O)C(=O)N(CN2CCOCC2)c2ccccc21)c1ccc2c(c1)OCCO2. The van der Waals surface area contributed by atoms with Crippen LogP contribution in [-0.2, 0) is 15.1 Å². The number of Topliss-reactive ketones (excluding diaryl/α,β-unsaturated/α-hetero) is 1. The summed E-state index contributed by atoms with van der Waals surface area (Å²) in [4.78, 5) is 30.1. The topological polar surface area (TPSA) is 88.5 Å². The molecule has 1 fully saturated rings. The van der Waals surface area contributed by atoms with E-state index >= 15 is 0 Å². The molecule has 162 valence electrons. The summed E-state index contributed by atoms with van der Waals surface area (Å²) in [6.45, 7) is 3.86. The van der Waals surface area contributed by atoms with E-state index in [9.17, 15) is 14.7 Å². The molecule has 2 aromatic rings. The lowest BCUT2D eigenvalue weighted by Crippen LogP contribution is -2.49. The van der Waals surface area contributed by atoms with Crippen LogP contribution in [0.4, 0.5) is 5.69 Å². The van der Waals surface area contributed by atoms with Crippen LogP contribution >= 0.6 is 0 Å². The van der Waals surface area contributed by atoms with Crippen molar-refractivity contribution >= 4 is 17.4 Å². The molecule has 5 rings (SSSR count). The second-order valence-corrected chi connectivity index (χ2v) is 7.94. The third-order valence-corrected chi connectivity index (χ3v) is 5.97. The van der Waals surface area contributed by atoms with Gasteiger partial charge in [0, 0.05) is 24.2 Å². The lowest BCUT2D eigenvalue weighted by atomic mass is 9.88. The Morgan fingerprint density at radius 2 is 1.74 bits per heavy atom. The van der Waals surface area contributed by atoms with Gasteiger partial charge >= 0.3 is 0 Å². The lowest BCUT2D eigenvalue weighted by Gasteiger charge is -2.31. The third-order valence-electron chi connectivity index (χ3n) is 5.97. The highest BCUT2D eigenvalue weighted by atomic mass is 16.6. The van der Waals surface area contributed by atoms with Gasteiger partial charge in [0.05, 0.1) is 32.0 Å². The quantitative estimate of drug-likeness (QED) is 0.729. The molecule has 3 aliphatic rings. The molecule has 3 heterocycles. The third kappa shape index (κ3) is 3.56. The summed E-state index contributed by atoms with van der Waals surface area (Å²) in [7, 11) is 0. The molecule has 8 nitrogen and oxygen atoms in total. The fourth-order valence-corrected chi connectivity index (χ4v) is 4.31. The maximum atomic E-state index is 13.4. The zero-order valence-corrected chi connectivity index (χ0v) is 17.1. The first kappa shape index (κ1) is 20.0. The van der Waals surface area contributed by atoms with E-state index in [4.69, 9.17) is 14.2 Å². The number of morpholine rings is 1. The van der Waals surface area contributed by atoms with Crippen LogP contribution in [0.25, 0.3) is 0 Å². The summed E-state index contributed by atoms with van der Waals surface area (Å²) in [5.74, 6) is 0.263. The maximum Gasteiger partial charge on any atom is 0.265 e. The molecule has 31 heavy (non-hydrogen) atoms. The number of anilines is 1. The van der Waals surface area contributed by atoms with Crippen LogP contribution < -0.4 is 14.4 Å². The minimum Gasteiger partial charge on any atom is -0.486 e. The molecule has 1 N–H and O–H groups in total. The van der Waals surface area contributed by atoms with Gasteiger partial charge in [-0.05, 0) is 24.3 Å². The number of carbonyl (C=O) groups excluding carboxylic acids is 2. The van der Waals surface area contributed by atoms with Gasteiger partial charge < -0.3 is 19.3 Å². The number of nitrogens with zero attached hydrogens (tertiary/aromatic N) is 2. The summed E-state index contributed by atoms with van der Waals surface area (Å²) in [5.41, 5.74) is -0.446. The predicted octanol–water partition coefficient (Wildman–Crippen LogP) is 1.55. The van der Waals surface area contributed by atoms with Crippen LogP contribution in [-0.4, -0.2) is 67.9 Å². The fraction of sp³-hybridized carbons (Fsp3) is 0.391. The number of ether oxygens (including phenoxy) is 3. The normalized spacial score (nSPS) is 23.0. The first-order valence-corrected chi connectivity index (χ1v) is 10.4. The molecule has 0 saturated carbocycles. The van der Waals surface area contributed by atoms with Crippen molar-refractivity contribution in [1.29, 1.82) is 0 Å². The zero-order valence-electron chi connectivity index (χ0n) is 17.1. The Morgan fingerprint density at radius 1 is 1.00 bits per heavy atom. The Balaban J connectivity index is 1.41. The Bertz CT molecular complexity index is 1020. The van der Waals surface area contributed by atoms with E-state index < -0.39 is 11.5 Å². The van der Waals surface area contributed by atoms with Gasteiger partial charge in [0.2, 0.25) is 0 Å². The van der Waals surface area contributed by atoms with E-state index in [1.54, 1.807) is 41.3 Å². The molecule has 0 bridgehead atoms. The van der Waals surface area contributed by atoms with E-state index in [1.165, 1.54) is 0 Å². The summed E-state index contributed by atoms with van der Waals surface area (Å²) in [5, 5.41) is 11.5. The highest BCUT2D eigenvalue weighted by Crippen LogP contribution is 2.43. The molecule has 1 saturated heterocycles. The molecular formula is C23H24N2O6. The van der Waals surface area contributed by atoms with Crippen LogP contribution in [0.15, 0.2) is 42.5 Å². The van der Waals surface area contributed by atoms with Gasteiger partial charge in [-0.2, -0.15) is 0 Å². The van der Waals surface area contributed by atoms with Gasteiger partial charge in [0.15, 0.2) is 22.9 Å². The molecule has 0 aliphatic carbocycles. The average Bonchev–Trinajstić information content (AvgIpc) is 3.01. The van der Waals surface area contributed by atoms with Crippen molar-refractivity contribution in [3.8, 4) is 11.5 Å². The van der Waals surface area contributed by atoms with Crippen LogP contribution in [0.5, 0.6) is 11.5 Å². The van der Waals surface area contributed by atoms with Crippen LogP contribution in [0, 0.1) is 0 Å². The van der Waals surface area contributed by atoms with E-state index in [0.29, 0.717) is 74.5 Å². The minimum atomic E-state index is -1.91. The highest BCUT2D eigenvalue weighted by molar-refractivity contribution is 6.10. The Hall–Kier alpha value is -2.94. The van der Waals surface area contributed by atoms with Crippen molar-refractivity contribution in [3.63, 3.8) is 0 Å². The predicted molar refractivity (Wildman–Crippen MR) is 111 cm³/mol. The molecule has 2 aromatic carbocycles. The van der Waals surface area contributed by atoms with E-state index in [-0.39, 0.29) is 12.2 Å². The maximum absolute atomic E-state index is 13.4. The molecule has 0 unspecified atom stereocenters. The first-order valence-electron chi connectivity index (χ1n) is 10.4. The van der Waals surface area contributed by atoms with E-state index in [0.717, 1.165) is 0 Å². The molecular weight excluding hydrogens is 400 g/mol. The molecule has 0 spiro atoms. The number of carbonyl (C=O) groups is 2. The van der Waals surface area contributed by atoms with Crippen molar-refractivity contribution < 1.29 is 28.9 Å². The molecule has 1 atom stereocenters. The number of rotatable bonds is 5. The molecule has 3 aliphatic heterocycles. The summed E-state index contributed by atoms with van der Waals surface area (Å²) in [6.07, 6.45) is -0.345. The number of ketones is 1. The zero-order chi connectivity index (χ0) is 21.4. The molecule has 8 heteroatoms. The van der Waals surface area contributed by atoms with Crippen LogP contribution in [0.2, 0.25) is 0 Å². The Morgan fingerprint density at radius 3 is 2.55 bits per heavy atom. The van der Waals surface area contributed by atoms with Gasteiger partial charge in [0.1, 0.15) is 13.2 Å². The van der Waals surface area contributed by atoms with Crippen molar-refractivity contribution in [2.45, 2.75) is 12.0 Å². The summed E-state index contributed by atoms with van der Waals surface area (Å²) in [6, 6.07) is 12.0. The van der Waals surface area contributed by atoms with Gasteiger partial charge in [-0.15, -0.1) is 0 Å². The molecule has 0 aromatic heterocycles. The second-order valence-electron chi connectivity index (χ2n) is 7.94. The average molecular weight is 424 g/mol. The minimum absolute atomic E-state index is 0.337. The largest absolute Gasteiger partial charge is 0.486 e. The van der Waals surface area contributed by atoms with Crippen molar-refractivity contribution in [2.24, 2.45) is 0 Å². The van der Waals surface area contributed by atoms with Gasteiger partial charge in [-0.25, -0.2) is 0 Å². The van der Waals surface area contributed by atoms with Crippen molar-refractivity contribution in [1.82, 2.24) is 4.90 Å². The van der Waals surface area contributed by atoms with Crippen molar-refractivity contribution in [2.75, 3.05) is 51.1 Å². The smallest absolute Gasteiger partial charge is 0.265 e. The number of amides is 1. The second kappa shape index (κ2) is 7.96. The van der Waals surface area contributed by atoms with E-state index in [2.05, 4.69) is 4.90 Å². The Labute approximate surface area is 179 Å². The Kier molecular flexibility index (Phi) is 5.13. The number of para-hydroxylation sites is 1. The number of benzene rings is 2. The monoisotopic (exact) mass is 424 g/mol. The number of aliphatic hydroxyl groups is 1. The summed E-state index contributed by atoms with van der Waals surface area (Å²) >= 11 is 0. The number of hydrogen-bond acceptors (Lipinski definition) is 7. The standard InChI is InChI=1S/C23H24N2O6/c26-19(16-5-6-20-21(13-16)31-12-11-30-20)14-23(28)17-3-1-2-4-18(17)25(22(23)27)15-24-7-9-29-10-8-24/h1-6,13,28H,7-12,14-15H2/t23-/m1/s1. The van der Waals surface area contributed by atoms with Crippen LogP contribution in [0.3, 0.4) is 0 Å².